The summed E-state index contributed by atoms with van der Waals surface area (Å²) in [4.78, 5) is 23.8. The van der Waals surface area contributed by atoms with E-state index in [1.54, 1.807) is 0 Å². The molecule has 0 radical (unpaired) electrons. The minimum atomic E-state index is -0.310. The molecule has 0 unspecified atom stereocenters. The number of amides is 2. The van der Waals surface area contributed by atoms with E-state index in [1.165, 1.54) is 0 Å². The number of hydrogen-bond acceptors (Lipinski definition) is 4. The van der Waals surface area contributed by atoms with Crippen molar-refractivity contribution in [1.82, 2.24) is 5.32 Å². The summed E-state index contributed by atoms with van der Waals surface area (Å²) >= 11 is 0. The number of anilines is 1. The molecule has 0 saturated carbocycles. The molecule has 0 spiro atoms. The number of fused-ring (bicyclic) bond motifs is 1. The van der Waals surface area contributed by atoms with Crippen LogP contribution in [-0.2, 0) is 20.7 Å². The molecule has 0 atom stereocenters. The third kappa shape index (κ3) is 5.74. The van der Waals surface area contributed by atoms with Crippen molar-refractivity contribution in [3.05, 3.63) is 95.6 Å². The van der Waals surface area contributed by atoms with Crippen molar-refractivity contribution in [2.75, 3.05) is 25.1 Å². The van der Waals surface area contributed by atoms with Crippen LogP contribution in [0.25, 0.3) is 0 Å². The summed E-state index contributed by atoms with van der Waals surface area (Å²) < 4.78 is 11.7. The number of carbonyl (C=O) groups is 2. The first-order valence-corrected chi connectivity index (χ1v) is 10.7. The summed E-state index contributed by atoms with van der Waals surface area (Å²) in [5, 5.41) is 5.68. The number of nitrogens with one attached hydrogen (secondary N) is 2. The van der Waals surface area contributed by atoms with Crippen LogP contribution in [0.4, 0.5) is 5.69 Å². The first kappa shape index (κ1) is 21.6. The van der Waals surface area contributed by atoms with Crippen LogP contribution in [0, 0.1) is 0 Å². The molecule has 0 bridgehead atoms. The molecule has 2 N–H and O–H groups in total. The van der Waals surface area contributed by atoms with Crippen molar-refractivity contribution in [3.63, 3.8) is 0 Å². The predicted octanol–water partition coefficient (Wildman–Crippen LogP) is 3.87. The lowest BCUT2D eigenvalue weighted by Gasteiger charge is -2.19. The Balaban J connectivity index is 1.24. The summed E-state index contributed by atoms with van der Waals surface area (Å²) in [6.07, 6.45) is 0.881. The number of ether oxygens (including phenoxy) is 2. The minimum Gasteiger partial charge on any atom is -0.492 e. The van der Waals surface area contributed by atoms with Crippen LogP contribution in [0.5, 0.6) is 5.75 Å². The zero-order valence-corrected chi connectivity index (χ0v) is 17.8. The number of aryl methyl sites for hydroxylation is 1. The first-order valence-electron chi connectivity index (χ1n) is 10.7. The van der Waals surface area contributed by atoms with Gasteiger partial charge in [-0.05, 0) is 41.3 Å². The fourth-order valence-electron chi connectivity index (χ4n) is 3.66. The van der Waals surface area contributed by atoms with E-state index in [0.717, 1.165) is 28.1 Å². The maximum atomic E-state index is 12.3. The van der Waals surface area contributed by atoms with E-state index >= 15 is 0 Å². The summed E-state index contributed by atoms with van der Waals surface area (Å²) in [7, 11) is 0. The van der Waals surface area contributed by atoms with Crippen LogP contribution < -0.4 is 15.4 Å². The highest BCUT2D eigenvalue weighted by molar-refractivity contribution is 5.94. The van der Waals surface area contributed by atoms with E-state index in [2.05, 4.69) is 10.6 Å². The van der Waals surface area contributed by atoms with E-state index in [9.17, 15) is 9.59 Å². The molecule has 4 rings (SSSR count). The van der Waals surface area contributed by atoms with Gasteiger partial charge >= 0.3 is 0 Å². The number of carbonyl (C=O) groups excluding carboxylic acids is 2. The predicted molar refractivity (Wildman–Crippen MR) is 123 cm³/mol. The second kappa shape index (κ2) is 10.6. The second-order valence-corrected chi connectivity index (χ2v) is 7.58. The Morgan fingerprint density at radius 1 is 0.938 bits per heavy atom. The molecule has 6 nitrogen and oxygen atoms in total. The highest BCUT2D eigenvalue weighted by Gasteiger charge is 2.17. The van der Waals surface area contributed by atoms with Crippen molar-refractivity contribution < 1.29 is 19.1 Å². The molecule has 0 aliphatic carbocycles. The van der Waals surface area contributed by atoms with Gasteiger partial charge in [0.1, 0.15) is 25.1 Å². The molecule has 0 saturated heterocycles. The van der Waals surface area contributed by atoms with Crippen molar-refractivity contribution >= 4 is 17.5 Å². The highest BCUT2D eigenvalue weighted by atomic mass is 16.5. The lowest BCUT2D eigenvalue weighted by molar-refractivity contribution is -0.127. The summed E-state index contributed by atoms with van der Waals surface area (Å²) in [5.74, 6) is 0.565. The van der Waals surface area contributed by atoms with Crippen molar-refractivity contribution in [3.8, 4) is 5.75 Å². The van der Waals surface area contributed by atoms with Gasteiger partial charge in [0.25, 0.3) is 0 Å². The topological polar surface area (TPSA) is 76.7 Å². The van der Waals surface area contributed by atoms with E-state index in [-0.39, 0.29) is 24.5 Å². The van der Waals surface area contributed by atoms with E-state index in [1.807, 2.05) is 78.9 Å². The molecule has 1 heterocycles. The van der Waals surface area contributed by atoms with Gasteiger partial charge in [0.2, 0.25) is 11.8 Å². The molecule has 164 valence electrons. The Hall–Kier alpha value is -3.64. The van der Waals surface area contributed by atoms with Gasteiger partial charge < -0.3 is 20.1 Å². The Bertz CT molecular complexity index is 1010. The molecule has 0 aromatic heterocycles. The largest absolute Gasteiger partial charge is 0.492 e. The normalized spacial score (nSPS) is 12.7. The van der Waals surface area contributed by atoms with Crippen LogP contribution in [0.3, 0.4) is 0 Å². The molecule has 3 aromatic rings. The molecular formula is C26H26N2O4. The lowest BCUT2D eigenvalue weighted by atomic mass is 10.0. The molecule has 1 aliphatic rings. The monoisotopic (exact) mass is 430 g/mol. The number of hydrogen-bond donors (Lipinski definition) is 2. The molecule has 6 heteroatoms. The summed E-state index contributed by atoms with van der Waals surface area (Å²) in [6, 6.07) is 25.3. The average molecular weight is 431 g/mol. The van der Waals surface area contributed by atoms with E-state index in [0.29, 0.717) is 26.0 Å². The van der Waals surface area contributed by atoms with Crippen LogP contribution in [-0.4, -0.2) is 31.6 Å². The van der Waals surface area contributed by atoms with Gasteiger partial charge in [-0.3, -0.25) is 9.59 Å². The van der Waals surface area contributed by atoms with Gasteiger partial charge in [0.05, 0.1) is 6.54 Å². The third-order valence-corrected chi connectivity index (χ3v) is 5.25. The Morgan fingerprint density at radius 2 is 1.62 bits per heavy atom. The van der Waals surface area contributed by atoms with Gasteiger partial charge in [-0.15, -0.1) is 0 Å². The molecule has 1 aliphatic heterocycles. The maximum absolute atomic E-state index is 12.3. The molecule has 2 amide bonds. The van der Waals surface area contributed by atoms with Crippen molar-refractivity contribution in [1.29, 1.82) is 0 Å². The van der Waals surface area contributed by atoms with Crippen molar-refractivity contribution in [2.45, 2.75) is 18.9 Å². The molecule has 3 aromatic carbocycles. The fraction of sp³-hybridized carbons (Fsp3) is 0.231. The highest BCUT2D eigenvalue weighted by Crippen LogP contribution is 2.27. The van der Waals surface area contributed by atoms with Gasteiger partial charge in [0.15, 0.2) is 0 Å². The smallest absolute Gasteiger partial charge is 0.246 e. The summed E-state index contributed by atoms with van der Waals surface area (Å²) in [6.45, 7) is 0.669. The lowest BCUT2D eigenvalue weighted by Crippen LogP contribution is -2.32. The maximum Gasteiger partial charge on any atom is 0.246 e. The van der Waals surface area contributed by atoms with Crippen LogP contribution in [0.1, 0.15) is 29.2 Å². The van der Waals surface area contributed by atoms with E-state index < -0.39 is 0 Å². The van der Waals surface area contributed by atoms with Gasteiger partial charge in [0, 0.05) is 12.1 Å². The van der Waals surface area contributed by atoms with Gasteiger partial charge in [-0.1, -0.05) is 60.7 Å². The second-order valence-electron chi connectivity index (χ2n) is 7.58. The zero-order valence-electron chi connectivity index (χ0n) is 17.8. The Kier molecular flexibility index (Phi) is 7.15. The fourth-order valence-corrected chi connectivity index (χ4v) is 3.66. The molecule has 0 fully saturated rings. The third-order valence-electron chi connectivity index (χ3n) is 5.25. The Labute approximate surface area is 187 Å². The van der Waals surface area contributed by atoms with Gasteiger partial charge in [-0.25, -0.2) is 0 Å². The average Bonchev–Trinajstić information content (AvgIpc) is 2.83. The van der Waals surface area contributed by atoms with Gasteiger partial charge in [-0.2, -0.15) is 0 Å². The summed E-state index contributed by atoms with van der Waals surface area (Å²) in [5.41, 5.74) is 3.90. The molecule has 32 heavy (non-hydrogen) atoms. The van der Waals surface area contributed by atoms with Crippen LogP contribution in [0.15, 0.2) is 78.9 Å². The standard InChI is InChI=1S/C26H26N2O4/c29-24-14-11-21-17-22(12-13-23(21)28-24)31-16-15-27-25(30)18-32-26(19-7-3-1-4-8-19)20-9-5-2-6-10-20/h1-10,12-13,17,26H,11,14-16,18H2,(H,27,30)(H,28,29). The molecular weight excluding hydrogens is 404 g/mol. The van der Waals surface area contributed by atoms with Crippen molar-refractivity contribution in [2.24, 2.45) is 0 Å². The first-order chi connectivity index (χ1) is 15.7. The minimum absolute atomic E-state index is 0.0397. The number of benzene rings is 3. The van der Waals surface area contributed by atoms with E-state index in [4.69, 9.17) is 9.47 Å². The Morgan fingerprint density at radius 3 is 2.31 bits per heavy atom. The zero-order chi connectivity index (χ0) is 22.2. The number of rotatable bonds is 9. The quantitative estimate of drug-likeness (QED) is 0.505. The van der Waals surface area contributed by atoms with Crippen LogP contribution in [0.2, 0.25) is 0 Å². The van der Waals surface area contributed by atoms with Crippen LogP contribution >= 0.6 is 0 Å². The SMILES string of the molecule is O=C(COC(c1ccccc1)c1ccccc1)NCCOc1ccc2c(c1)CCC(=O)N2.